The molecule has 2 aromatic rings. The summed E-state index contributed by atoms with van der Waals surface area (Å²) < 4.78 is 5.22. The Labute approximate surface area is 81.0 Å². The number of fused-ring (bicyclic) bond motifs is 1. The van der Waals surface area contributed by atoms with E-state index in [1.807, 2.05) is 24.3 Å². The van der Waals surface area contributed by atoms with E-state index in [0.717, 1.165) is 11.0 Å². The van der Waals surface area contributed by atoms with E-state index in [1.165, 1.54) is 6.26 Å². The van der Waals surface area contributed by atoms with Crippen molar-refractivity contribution < 1.29 is 9.21 Å². The second-order valence-corrected chi connectivity index (χ2v) is 3.04. The molecule has 3 heteroatoms. The van der Waals surface area contributed by atoms with Gasteiger partial charge in [-0.15, -0.1) is 0 Å². The molecule has 0 saturated heterocycles. The van der Waals surface area contributed by atoms with Crippen molar-refractivity contribution in [2.75, 3.05) is 5.75 Å². The first-order valence-electron chi connectivity index (χ1n) is 3.93. The van der Waals surface area contributed by atoms with E-state index in [1.54, 1.807) is 0 Å². The van der Waals surface area contributed by atoms with Gasteiger partial charge in [-0.05, 0) is 6.07 Å². The summed E-state index contributed by atoms with van der Waals surface area (Å²) in [5, 5.41) is 0.863. The predicted octanol–water partition coefficient (Wildman–Crippen LogP) is 2.55. The largest absolute Gasteiger partial charge is 0.464 e. The molecular formula is C10H8O2S. The summed E-state index contributed by atoms with van der Waals surface area (Å²) in [6, 6.07) is 7.47. The van der Waals surface area contributed by atoms with Gasteiger partial charge in [0.05, 0.1) is 11.3 Å². The van der Waals surface area contributed by atoms with Crippen LogP contribution in [0.3, 0.4) is 0 Å². The highest BCUT2D eigenvalue weighted by atomic mass is 32.1. The van der Waals surface area contributed by atoms with Crippen LogP contribution < -0.4 is 0 Å². The van der Waals surface area contributed by atoms with Crippen molar-refractivity contribution in [3.63, 3.8) is 0 Å². The average Bonchev–Trinajstić information content (AvgIpc) is 2.60. The third-order valence-corrected chi connectivity index (χ3v) is 2.21. The molecule has 0 bridgehead atoms. The highest BCUT2D eigenvalue weighted by molar-refractivity contribution is 7.81. The third-order valence-electron chi connectivity index (χ3n) is 1.92. The Morgan fingerprint density at radius 3 is 2.92 bits per heavy atom. The molecule has 0 N–H and O–H groups in total. The van der Waals surface area contributed by atoms with Crippen LogP contribution in [-0.2, 0) is 0 Å². The molecular weight excluding hydrogens is 184 g/mol. The van der Waals surface area contributed by atoms with Gasteiger partial charge in [0.25, 0.3) is 0 Å². The third kappa shape index (κ3) is 1.35. The van der Waals surface area contributed by atoms with E-state index in [-0.39, 0.29) is 11.5 Å². The Hall–Kier alpha value is -1.22. The first-order chi connectivity index (χ1) is 6.33. The van der Waals surface area contributed by atoms with Gasteiger partial charge in [0.2, 0.25) is 0 Å². The molecule has 0 aliphatic carbocycles. The zero-order chi connectivity index (χ0) is 9.26. The molecule has 66 valence electrons. The summed E-state index contributed by atoms with van der Waals surface area (Å²) in [7, 11) is 0. The molecule has 1 heterocycles. The van der Waals surface area contributed by atoms with Gasteiger partial charge in [0, 0.05) is 5.39 Å². The molecule has 0 amide bonds. The molecule has 1 aromatic heterocycles. The summed E-state index contributed by atoms with van der Waals surface area (Å²) in [5.74, 6) is 0.206. The highest BCUT2D eigenvalue weighted by Crippen LogP contribution is 2.21. The monoisotopic (exact) mass is 192 g/mol. The van der Waals surface area contributed by atoms with Crippen LogP contribution in [0.2, 0.25) is 0 Å². The van der Waals surface area contributed by atoms with Crippen molar-refractivity contribution in [1.29, 1.82) is 0 Å². The van der Waals surface area contributed by atoms with Crippen molar-refractivity contribution in [3.8, 4) is 0 Å². The Morgan fingerprint density at radius 1 is 1.38 bits per heavy atom. The number of para-hydroxylation sites is 1. The fraction of sp³-hybridized carbons (Fsp3) is 0.100. The number of furan rings is 1. The fourth-order valence-electron chi connectivity index (χ4n) is 1.28. The Morgan fingerprint density at radius 2 is 2.15 bits per heavy atom. The van der Waals surface area contributed by atoms with Gasteiger partial charge in [-0.2, -0.15) is 12.6 Å². The van der Waals surface area contributed by atoms with Crippen LogP contribution in [0.1, 0.15) is 10.4 Å². The first kappa shape index (κ1) is 8.38. The predicted molar refractivity (Wildman–Crippen MR) is 54.4 cm³/mol. The molecule has 0 fully saturated rings. The van der Waals surface area contributed by atoms with Crippen LogP contribution in [-0.4, -0.2) is 11.5 Å². The van der Waals surface area contributed by atoms with Crippen molar-refractivity contribution in [3.05, 3.63) is 36.1 Å². The molecule has 2 nitrogen and oxygen atoms in total. The highest BCUT2D eigenvalue weighted by Gasteiger charge is 2.10. The number of ketones is 1. The van der Waals surface area contributed by atoms with E-state index in [9.17, 15) is 4.79 Å². The second kappa shape index (κ2) is 3.26. The zero-order valence-corrected chi connectivity index (χ0v) is 7.75. The second-order valence-electron chi connectivity index (χ2n) is 2.73. The number of thiol groups is 1. The maximum absolute atomic E-state index is 11.4. The number of hydrogen-bond acceptors (Lipinski definition) is 3. The molecule has 0 radical (unpaired) electrons. The van der Waals surface area contributed by atoms with Crippen LogP contribution in [0.4, 0.5) is 0 Å². The zero-order valence-electron chi connectivity index (χ0n) is 6.86. The minimum absolute atomic E-state index is 0.00622. The molecule has 0 atom stereocenters. The SMILES string of the molecule is O=C(CS)c1coc2ccccc12. The van der Waals surface area contributed by atoms with Crippen LogP contribution >= 0.6 is 12.6 Å². The average molecular weight is 192 g/mol. The van der Waals surface area contributed by atoms with Crippen molar-refractivity contribution in [2.24, 2.45) is 0 Å². The van der Waals surface area contributed by atoms with Crippen LogP contribution in [0.5, 0.6) is 0 Å². The first-order valence-corrected chi connectivity index (χ1v) is 4.56. The summed E-state index contributed by atoms with van der Waals surface area (Å²) >= 11 is 3.94. The summed E-state index contributed by atoms with van der Waals surface area (Å²) in [4.78, 5) is 11.4. The van der Waals surface area contributed by atoms with Crippen molar-refractivity contribution in [1.82, 2.24) is 0 Å². The molecule has 13 heavy (non-hydrogen) atoms. The molecule has 2 rings (SSSR count). The Bertz CT molecular complexity index is 445. The van der Waals surface area contributed by atoms with Gasteiger partial charge in [0.15, 0.2) is 5.78 Å². The molecule has 0 aliphatic heterocycles. The van der Waals surface area contributed by atoms with Gasteiger partial charge >= 0.3 is 0 Å². The fourth-order valence-corrected chi connectivity index (χ4v) is 1.45. The van der Waals surface area contributed by atoms with Gasteiger partial charge in [0.1, 0.15) is 11.8 Å². The minimum atomic E-state index is -0.00622. The van der Waals surface area contributed by atoms with E-state index < -0.39 is 0 Å². The van der Waals surface area contributed by atoms with E-state index in [4.69, 9.17) is 4.42 Å². The summed E-state index contributed by atoms with van der Waals surface area (Å²) in [6.07, 6.45) is 1.49. The number of hydrogen-bond donors (Lipinski definition) is 1. The van der Waals surface area contributed by atoms with Gasteiger partial charge in [-0.1, -0.05) is 18.2 Å². The Kier molecular flexibility index (Phi) is 2.10. The number of carbonyl (C=O) groups excluding carboxylic acids is 1. The lowest BCUT2D eigenvalue weighted by Crippen LogP contribution is -1.98. The lowest BCUT2D eigenvalue weighted by Gasteiger charge is -1.91. The van der Waals surface area contributed by atoms with Gasteiger partial charge in [-0.25, -0.2) is 0 Å². The van der Waals surface area contributed by atoms with E-state index in [2.05, 4.69) is 12.6 Å². The maximum atomic E-state index is 11.4. The Balaban J connectivity index is 2.64. The van der Waals surface area contributed by atoms with Gasteiger partial charge < -0.3 is 4.42 Å². The molecule has 0 saturated carbocycles. The lowest BCUT2D eigenvalue weighted by atomic mass is 10.1. The standard InChI is InChI=1S/C10H8O2S/c11-9(6-13)8-5-12-10-4-2-1-3-7(8)10/h1-5,13H,6H2. The lowest BCUT2D eigenvalue weighted by molar-refractivity contribution is 0.102. The van der Waals surface area contributed by atoms with Crippen LogP contribution in [0.25, 0.3) is 11.0 Å². The topological polar surface area (TPSA) is 30.2 Å². The number of rotatable bonds is 2. The summed E-state index contributed by atoms with van der Waals surface area (Å²) in [6.45, 7) is 0. The smallest absolute Gasteiger partial charge is 0.176 e. The molecule has 0 spiro atoms. The normalized spacial score (nSPS) is 10.5. The van der Waals surface area contributed by atoms with Crippen molar-refractivity contribution >= 4 is 29.4 Å². The van der Waals surface area contributed by atoms with Gasteiger partial charge in [-0.3, -0.25) is 4.79 Å². The molecule has 0 aliphatic rings. The number of carbonyl (C=O) groups is 1. The maximum Gasteiger partial charge on any atom is 0.176 e. The summed E-state index contributed by atoms with van der Waals surface area (Å²) in [5.41, 5.74) is 1.36. The number of Topliss-reactive ketones (excluding diaryl/α,β-unsaturated/α-hetero) is 1. The number of benzene rings is 1. The minimum Gasteiger partial charge on any atom is -0.464 e. The van der Waals surface area contributed by atoms with E-state index >= 15 is 0 Å². The molecule has 1 aromatic carbocycles. The van der Waals surface area contributed by atoms with E-state index in [0.29, 0.717) is 5.56 Å². The van der Waals surface area contributed by atoms with Crippen molar-refractivity contribution in [2.45, 2.75) is 0 Å². The quantitative estimate of drug-likeness (QED) is 0.585. The van der Waals surface area contributed by atoms with Crippen LogP contribution in [0.15, 0.2) is 34.9 Å². The van der Waals surface area contributed by atoms with Crippen LogP contribution in [0, 0.1) is 0 Å². The molecule has 0 unspecified atom stereocenters.